The molecule has 0 aromatic carbocycles. The Morgan fingerprint density at radius 2 is 2.50 bits per heavy atom. The number of rotatable bonds is 4. The molecule has 4 nitrogen and oxygen atoms in total. The van der Waals surface area contributed by atoms with Crippen molar-refractivity contribution in [2.75, 3.05) is 46.4 Å². The molecule has 0 saturated carbocycles. The van der Waals surface area contributed by atoms with E-state index in [1.807, 2.05) is 7.05 Å². The van der Waals surface area contributed by atoms with Gasteiger partial charge in [0, 0.05) is 32.7 Å². The predicted molar refractivity (Wildman–Crippen MR) is 49.2 cm³/mol. The summed E-state index contributed by atoms with van der Waals surface area (Å²) >= 11 is 0. The Morgan fingerprint density at radius 3 is 3.17 bits per heavy atom. The molecule has 1 rings (SSSR count). The zero-order valence-corrected chi connectivity index (χ0v) is 7.75. The van der Waals surface area contributed by atoms with Crippen molar-refractivity contribution in [3.63, 3.8) is 0 Å². The van der Waals surface area contributed by atoms with Gasteiger partial charge in [-0.25, -0.2) is 0 Å². The van der Waals surface area contributed by atoms with Crippen molar-refractivity contribution in [2.45, 2.75) is 6.10 Å². The van der Waals surface area contributed by atoms with E-state index in [0.717, 1.165) is 32.8 Å². The van der Waals surface area contributed by atoms with Gasteiger partial charge in [-0.05, 0) is 7.05 Å². The standard InChI is InChI=1S/C8H19N3O/c1-10-2-3-11-4-5-12-8(6-9)7-11/h8,10H,2-7,9H2,1H3/t8-/m0/s1. The molecule has 1 fully saturated rings. The maximum absolute atomic E-state index is 5.53. The number of hydrogen-bond acceptors (Lipinski definition) is 4. The molecule has 0 aromatic rings. The molecule has 72 valence electrons. The van der Waals surface area contributed by atoms with Crippen molar-refractivity contribution in [3.05, 3.63) is 0 Å². The first-order chi connectivity index (χ1) is 5.86. The molecule has 1 heterocycles. The highest BCUT2D eigenvalue weighted by Gasteiger charge is 2.17. The summed E-state index contributed by atoms with van der Waals surface area (Å²) in [7, 11) is 1.97. The van der Waals surface area contributed by atoms with Crippen LogP contribution < -0.4 is 11.1 Å². The highest BCUT2D eigenvalue weighted by Crippen LogP contribution is 2.02. The third kappa shape index (κ3) is 3.06. The molecule has 0 unspecified atom stereocenters. The van der Waals surface area contributed by atoms with Crippen molar-refractivity contribution in [1.29, 1.82) is 0 Å². The second-order valence-electron chi connectivity index (χ2n) is 3.13. The molecule has 0 radical (unpaired) electrons. The maximum atomic E-state index is 5.53. The third-order valence-electron chi connectivity index (χ3n) is 2.16. The summed E-state index contributed by atoms with van der Waals surface area (Å²) in [5.74, 6) is 0. The quantitative estimate of drug-likeness (QED) is 0.564. The number of ether oxygens (including phenoxy) is 1. The molecule has 1 atom stereocenters. The van der Waals surface area contributed by atoms with Crippen molar-refractivity contribution in [3.8, 4) is 0 Å². The predicted octanol–water partition coefficient (Wildman–Crippen LogP) is -1.13. The largest absolute Gasteiger partial charge is 0.374 e. The van der Waals surface area contributed by atoms with Crippen LogP contribution >= 0.6 is 0 Å². The van der Waals surface area contributed by atoms with Gasteiger partial charge in [0.2, 0.25) is 0 Å². The van der Waals surface area contributed by atoms with Crippen LogP contribution in [-0.4, -0.2) is 57.4 Å². The minimum atomic E-state index is 0.246. The molecular weight excluding hydrogens is 154 g/mol. The van der Waals surface area contributed by atoms with E-state index in [9.17, 15) is 0 Å². The smallest absolute Gasteiger partial charge is 0.0824 e. The molecule has 0 spiro atoms. The van der Waals surface area contributed by atoms with Crippen LogP contribution in [0.1, 0.15) is 0 Å². The summed E-state index contributed by atoms with van der Waals surface area (Å²) in [5, 5.41) is 3.13. The first-order valence-corrected chi connectivity index (χ1v) is 4.55. The van der Waals surface area contributed by atoms with Crippen molar-refractivity contribution < 1.29 is 4.74 Å². The van der Waals surface area contributed by atoms with Crippen molar-refractivity contribution in [2.24, 2.45) is 5.73 Å². The topological polar surface area (TPSA) is 50.5 Å². The minimum Gasteiger partial charge on any atom is -0.374 e. The Hall–Kier alpha value is -0.160. The average Bonchev–Trinajstić information content (AvgIpc) is 2.15. The molecule has 0 amide bonds. The van der Waals surface area contributed by atoms with Gasteiger partial charge in [0.05, 0.1) is 12.7 Å². The molecule has 0 aromatic heterocycles. The second-order valence-corrected chi connectivity index (χ2v) is 3.13. The third-order valence-corrected chi connectivity index (χ3v) is 2.16. The number of nitrogens with zero attached hydrogens (tertiary/aromatic N) is 1. The monoisotopic (exact) mass is 173 g/mol. The number of likely N-dealkylation sites (N-methyl/N-ethyl adjacent to an activating group) is 1. The lowest BCUT2D eigenvalue weighted by Gasteiger charge is -2.32. The van der Waals surface area contributed by atoms with Gasteiger partial charge in [-0.3, -0.25) is 4.90 Å². The number of nitrogens with two attached hydrogens (primary N) is 1. The summed E-state index contributed by atoms with van der Waals surface area (Å²) in [6.45, 7) is 5.62. The molecule has 1 aliphatic rings. The average molecular weight is 173 g/mol. The molecule has 1 saturated heterocycles. The van der Waals surface area contributed by atoms with Gasteiger partial charge in [0.1, 0.15) is 0 Å². The second kappa shape index (κ2) is 5.48. The van der Waals surface area contributed by atoms with Gasteiger partial charge in [-0.2, -0.15) is 0 Å². The summed E-state index contributed by atoms with van der Waals surface area (Å²) in [6, 6.07) is 0. The summed E-state index contributed by atoms with van der Waals surface area (Å²) in [5.41, 5.74) is 5.53. The Kier molecular flexibility index (Phi) is 4.53. The van der Waals surface area contributed by atoms with Gasteiger partial charge in [0.25, 0.3) is 0 Å². The lowest BCUT2D eigenvalue weighted by molar-refractivity contribution is -0.0224. The van der Waals surface area contributed by atoms with Crippen LogP contribution in [0.25, 0.3) is 0 Å². The van der Waals surface area contributed by atoms with E-state index in [1.54, 1.807) is 0 Å². The Morgan fingerprint density at radius 1 is 1.67 bits per heavy atom. The van der Waals surface area contributed by atoms with Crippen LogP contribution in [-0.2, 0) is 4.74 Å². The molecule has 4 heteroatoms. The van der Waals surface area contributed by atoms with E-state index in [1.165, 1.54) is 0 Å². The van der Waals surface area contributed by atoms with Gasteiger partial charge in [-0.15, -0.1) is 0 Å². The summed E-state index contributed by atoms with van der Waals surface area (Å²) in [4.78, 5) is 2.39. The van der Waals surface area contributed by atoms with Crippen LogP contribution in [0.3, 0.4) is 0 Å². The molecule has 12 heavy (non-hydrogen) atoms. The lowest BCUT2D eigenvalue weighted by Crippen LogP contribution is -2.47. The molecule has 3 N–H and O–H groups in total. The Bertz CT molecular complexity index is 121. The number of hydrogen-bond donors (Lipinski definition) is 2. The normalized spacial score (nSPS) is 26.0. The van der Waals surface area contributed by atoms with Crippen molar-refractivity contribution in [1.82, 2.24) is 10.2 Å². The van der Waals surface area contributed by atoms with Crippen LogP contribution in [0.2, 0.25) is 0 Å². The molecule has 0 aliphatic carbocycles. The number of morpholine rings is 1. The van der Waals surface area contributed by atoms with Crippen LogP contribution in [0.4, 0.5) is 0 Å². The first-order valence-electron chi connectivity index (χ1n) is 4.55. The highest BCUT2D eigenvalue weighted by molar-refractivity contribution is 4.71. The highest BCUT2D eigenvalue weighted by atomic mass is 16.5. The first kappa shape index (κ1) is 9.92. The van der Waals surface area contributed by atoms with E-state index in [0.29, 0.717) is 6.54 Å². The van der Waals surface area contributed by atoms with E-state index in [-0.39, 0.29) is 6.10 Å². The van der Waals surface area contributed by atoms with E-state index >= 15 is 0 Å². The SMILES string of the molecule is CNCCN1CCO[C@@H](CN)C1. The maximum Gasteiger partial charge on any atom is 0.0824 e. The van der Waals surface area contributed by atoms with E-state index in [4.69, 9.17) is 10.5 Å². The van der Waals surface area contributed by atoms with Gasteiger partial charge in [-0.1, -0.05) is 0 Å². The van der Waals surface area contributed by atoms with Gasteiger partial charge >= 0.3 is 0 Å². The zero-order valence-electron chi connectivity index (χ0n) is 7.75. The van der Waals surface area contributed by atoms with Crippen LogP contribution in [0, 0.1) is 0 Å². The van der Waals surface area contributed by atoms with E-state index in [2.05, 4.69) is 10.2 Å². The molecular formula is C8H19N3O. The fourth-order valence-electron chi connectivity index (χ4n) is 1.40. The Balaban J connectivity index is 2.16. The summed E-state index contributed by atoms with van der Waals surface area (Å²) in [6.07, 6.45) is 0.246. The lowest BCUT2D eigenvalue weighted by atomic mass is 10.3. The van der Waals surface area contributed by atoms with Gasteiger partial charge < -0.3 is 15.8 Å². The van der Waals surface area contributed by atoms with Gasteiger partial charge in [0.15, 0.2) is 0 Å². The van der Waals surface area contributed by atoms with Crippen LogP contribution in [0.15, 0.2) is 0 Å². The Labute approximate surface area is 74.1 Å². The summed E-state index contributed by atoms with van der Waals surface area (Å²) < 4.78 is 5.45. The minimum absolute atomic E-state index is 0.246. The van der Waals surface area contributed by atoms with E-state index < -0.39 is 0 Å². The fraction of sp³-hybridized carbons (Fsp3) is 1.00. The zero-order chi connectivity index (χ0) is 8.81. The number of nitrogens with one attached hydrogen (secondary N) is 1. The van der Waals surface area contributed by atoms with Crippen LogP contribution in [0.5, 0.6) is 0 Å². The molecule has 1 aliphatic heterocycles. The molecule has 0 bridgehead atoms. The van der Waals surface area contributed by atoms with Crippen molar-refractivity contribution >= 4 is 0 Å². The fourth-order valence-corrected chi connectivity index (χ4v) is 1.40.